The molecular formula is C16H12BrClO3. The van der Waals surface area contributed by atoms with Gasteiger partial charge in [0.15, 0.2) is 0 Å². The van der Waals surface area contributed by atoms with Crippen LogP contribution in [0.25, 0.3) is 6.08 Å². The number of benzene rings is 2. The summed E-state index contributed by atoms with van der Waals surface area (Å²) in [4.78, 5) is 10.7. The standard InChI is InChI=1S/C16H12BrClO3/c1-10-2-5-15(13(17)8-10)21-14-6-4-12(18)9-11(14)3-7-16(19)20/h2-9H,1H3,(H,19,20)/b7-3+. The second-order valence-electron chi connectivity index (χ2n) is 4.39. The molecule has 0 amide bonds. The lowest BCUT2D eigenvalue weighted by molar-refractivity contribution is -0.131. The average Bonchev–Trinajstić information content (AvgIpc) is 2.41. The first-order valence-corrected chi connectivity index (χ1v) is 7.27. The van der Waals surface area contributed by atoms with Crippen molar-refractivity contribution in [3.63, 3.8) is 0 Å². The van der Waals surface area contributed by atoms with Crippen LogP contribution < -0.4 is 4.74 Å². The summed E-state index contributed by atoms with van der Waals surface area (Å²) in [5.74, 6) is 0.145. The number of hydrogen-bond acceptors (Lipinski definition) is 2. The van der Waals surface area contributed by atoms with Gasteiger partial charge in [0.05, 0.1) is 4.47 Å². The Hall–Kier alpha value is -1.78. The lowest BCUT2D eigenvalue weighted by Crippen LogP contribution is -1.91. The number of carboxylic acids is 1. The molecule has 0 bridgehead atoms. The quantitative estimate of drug-likeness (QED) is 0.746. The first kappa shape index (κ1) is 15.6. The molecule has 108 valence electrons. The van der Waals surface area contributed by atoms with Gasteiger partial charge < -0.3 is 9.84 Å². The van der Waals surface area contributed by atoms with Crippen molar-refractivity contribution in [1.29, 1.82) is 0 Å². The maximum Gasteiger partial charge on any atom is 0.328 e. The number of carboxylic acid groups (broad SMARTS) is 1. The van der Waals surface area contributed by atoms with E-state index in [1.807, 2.05) is 25.1 Å². The van der Waals surface area contributed by atoms with Crippen molar-refractivity contribution in [1.82, 2.24) is 0 Å². The van der Waals surface area contributed by atoms with Crippen LogP contribution in [-0.2, 0) is 4.79 Å². The topological polar surface area (TPSA) is 46.5 Å². The Balaban J connectivity index is 2.37. The Morgan fingerprint density at radius 2 is 1.95 bits per heavy atom. The van der Waals surface area contributed by atoms with Crippen LogP contribution in [-0.4, -0.2) is 11.1 Å². The highest BCUT2D eigenvalue weighted by atomic mass is 79.9. The van der Waals surface area contributed by atoms with Gasteiger partial charge >= 0.3 is 5.97 Å². The van der Waals surface area contributed by atoms with E-state index in [9.17, 15) is 4.79 Å². The van der Waals surface area contributed by atoms with Crippen LogP contribution in [0, 0.1) is 6.92 Å². The summed E-state index contributed by atoms with van der Waals surface area (Å²) in [6.07, 6.45) is 2.49. The zero-order valence-corrected chi connectivity index (χ0v) is 13.5. The van der Waals surface area contributed by atoms with E-state index in [0.29, 0.717) is 22.1 Å². The SMILES string of the molecule is Cc1ccc(Oc2ccc(Cl)cc2/C=C/C(=O)O)c(Br)c1. The second kappa shape index (κ2) is 6.78. The van der Waals surface area contributed by atoms with E-state index in [0.717, 1.165) is 16.1 Å². The fourth-order valence-corrected chi connectivity index (χ4v) is 2.47. The van der Waals surface area contributed by atoms with Crippen LogP contribution in [0.15, 0.2) is 46.9 Å². The lowest BCUT2D eigenvalue weighted by atomic mass is 10.2. The zero-order chi connectivity index (χ0) is 15.4. The van der Waals surface area contributed by atoms with E-state index in [2.05, 4.69) is 15.9 Å². The largest absolute Gasteiger partial charge is 0.478 e. The third-order valence-electron chi connectivity index (χ3n) is 2.68. The first-order valence-electron chi connectivity index (χ1n) is 6.10. The number of ether oxygens (including phenoxy) is 1. The molecule has 2 rings (SSSR count). The van der Waals surface area contributed by atoms with Crippen LogP contribution in [0.5, 0.6) is 11.5 Å². The van der Waals surface area contributed by atoms with Crippen molar-refractivity contribution in [2.75, 3.05) is 0 Å². The Bertz CT molecular complexity index is 711. The van der Waals surface area contributed by atoms with Crippen LogP contribution in [0.2, 0.25) is 5.02 Å². The lowest BCUT2D eigenvalue weighted by Gasteiger charge is -2.11. The van der Waals surface area contributed by atoms with E-state index in [1.54, 1.807) is 18.2 Å². The Morgan fingerprint density at radius 3 is 2.62 bits per heavy atom. The van der Waals surface area contributed by atoms with Gasteiger partial charge in [-0.1, -0.05) is 17.7 Å². The molecule has 5 heteroatoms. The number of halogens is 2. The summed E-state index contributed by atoms with van der Waals surface area (Å²) in [5.41, 5.74) is 1.70. The molecule has 0 aliphatic rings. The van der Waals surface area contributed by atoms with E-state index in [4.69, 9.17) is 21.4 Å². The highest BCUT2D eigenvalue weighted by Gasteiger charge is 2.07. The van der Waals surface area contributed by atoms with Gasteiger partial charge in [0.2, 0.25) is 0 Å². The van der Waals surface area contributed by atoms with Gasteiger partial charge in [0.1, 0.15) is 11.5 Å². The van der Waals surface area contributed by atoms with Gasteiger partial charge in [-0.25, -0.2) is 4.79 Å². The van der Waals surface area contributed by atoms with Crippen LogP contribution >= 0.6 is 27.5 Å². The van der Waals surface area contributed by atoms with Gasteiger partial charge in [-0.2, -0.15) is 0 Å². The van der Waals surface area contributed by atoms with Crippen molar-refractivity contribution in [3.8, 4) is 11.5 Å². The molecule has 2 aromatic rings. The smallest absolute Gasteiger partial charge is 0.328 e. The Labute approximate surface area is 135 Å². The van der Waals surface area contributed by atoms with E-state index < -0.39 is 5.97 Å². The predicted octanol–water partition coefficient (Wildman–Crippen LogP) is 5.30. The van der Waals surface area contributed by atoms with Crippen molar-refractivity contribution in [2.45, 2.75) is 6.92 Å². The van der Waals surface area contributed by atoms with E-state index >= 15 is 0 Å². The van der Waals surface area contributed by atoms with Gasteiger partial charge in [0, 0.05) is 16.7 Å². The number of aliphatic carboxylic acids is 1. The van der Waals surface area contributed by atoms with Crippen molar-refractivity contribution in [2.24, 2.45) is 0 Å². The third kappa shape index (κ3) is 4.34. The van der Waals surface area contributed by atoms with Gasteiger partial charge in [-0.15, -0.1) is 0 Å². The molecule has 0 aromatic heterocycles. The van der Waals surface area contributed by atoms with Gasteiger partial charge in [0.25, 0.3) is 0 Å². The molecule has 0 saturated carbocycles. The first-order chi connectivity index (χ1) is 9.95. The molecule has 3 nitrogen and oxygen atoms in total. The van der Waals surface area contributed by atoms with Crippen molar-refractivity contribution in [3.05, 3.63) is 63.1 Å². The van der Waals surface area contributed by atoms with E-state index in [-0.39, 0.29) is 0 Å². The van der Waals surface area contributed by atoms with Gasteiger partial charge in [-0.3, -0.25) is 0 Å². The fourth-order valence-electron chi connectivity index (χ4n) is 1.71. The summed E-state index contributed by atoms with van der Waals surface area (Å²) in [7, 11) is 0. The van der Waals surface area contributed by atoms with Crippen molar-refractivity contribution >= 4 is 39.6 Å². The van der Waals surface area contributed by atoms with Crippen LogP contribution in [0.4, 0.5) is 0 Å². The molecule has 21 heavy (non-hydrogen) atoms. The molecule has 0 saturated heterocycles. The molecule has 0 unspecified atom stereocenters. The summed E-state index contributed by atoms with van der Waals surface area (Å²) in [6.45, 7) is 1.98. The second-order valence-corrected chi connectivity index (χ2v) is 5.68. The maximum absolute atomic E-state index is 10.7. The molecule has 0 heterocycles. The summed E-state index contributed by atoms with van der Waals surface area (Å²) in [5, 5.41) is 9.24. The minimum atomic E-state index is -1.03. The molecule has 0 fully saturated rings. The summed E-state index contributed by atoms with van der Waals surface area (Å²) in [6, 6.07) is 10.8. The number of hydrogen-bond donors (Lipinski definition) is 1. The van der Waals surface area contributed by atoms with E-state index in [1.165, 1.54) is 6.08 Å². The monoisotopic (exact) mass is 366 g/mol. The summed E-state index contributed by atoms with van der Waals surface area (Å²) >= 11 is 9.38. The summed E-state index contributed by atoms with van der Waals surface area (Å²) < 4.78 is 6.66. The van der Waals surface area contributed by atoms with Gasteiger partial charge in [-0.05, 0) is 64.8 Å². The minimum absolute atomic E-state index is 0.510. The molecule has 0 aliphatic carbocycles. The Morgan fingerprint density at radius 1 is 1.24 bits per heavy atom. The number of aryl methyl sites for hydroxylation is 1. The molecule has 0 aliphatic heterocycles. The fraction of sp³-hybridized carbons (Fsp3) is 0.0625. The maximum atomic E-state index is 10.7. The molecule has 0 spiro atoms. The van der Waals surface area contributed by atoms with Crippen molar-refractivity contribution < 1.29 is 14.6 Å². The average molecular weight is 368 g/mol. The highest BCUT2D eigenvalue weighted by molar-refractivity contribution is 9.10. The zero-order valence-electron chi connectivity index (χ0n) is 11.1. The van der Waals surface area contributed by atoms with Crippen LogP contribution in [0.3, 0.4) is 0 Å². The number of carbonyl (C=O) groups is 1. The third-order valence-corrected chi connectivity index (χ3v) is 3.54. The molecule has 0 radical (unpaired) electrons. The highest BCUT2D eigenvalue weighted by Crippen LogP contribution is 2.33. The molecule has 1 N–H and O–H groups in total. The molecular weight excluding hydrogens is 356 g/mol. The molecule has 0 atom stereocenters. The van der Waals surface area contributed by atoms with Crippen LogP contribution in [0.1, 0.15) is 11.1 Å². The number of rotatable bonds is 4. The normalized spacial score (nSPS) is 10.8. The predicted molar refractivity (Wildman–Crippen MR) is 87.1 cm³/mol. The molecule has 2 aromatic carbocycles. The minimum Gasteiger partial charge on any atom is -0.478 e. The Kier molecular flexibility index (Phi) is 5.04.